The van der Waals surface area contributed by atoms with Crippen LogP contribution in [0.4, 0.5) is 18.9 Å². The van der Waals surface area contributed by atoms with Gasteiger partial charge < -0.3 is 14.8 Å². The predicted octanol–water partition coefficient (Wildman–Crippen LogP) is 7.87. The second-order valence-electron chi connectivity index (χ2n) is 7.54. The average Bonchev–Trinajstić information content (AvgIpc) is 2.80. The molecule has 0 aliphatic carbocycles. The molecule has 4 rings (SSSR count). The van der Waals surface area contributed by atoms with Gasteiger partial charge >= 0.3 is 6.18 Å². The van der Waals surface area contributed by atoms with Gasteiger partial charge in [0.1, 0.15) is 11.5 Å². The van der Waals surface area contributed by atoms with E-state index in [4.69, 9.17) is 21.1 Å². The average molecular weight is 486 g/mol. The molecule has 4 aromatic carbocycles. The van der Waals surface area contributed by atoms with E-state index in [0.29, 0.717) is 27.5 Å². The maximum atomic E-state index is 13.4. The predicted molar refractivity (Wildman–Crippen MR) is 126 cm³/mol. The van der Waals surface area contributed by atoms with Crippen LogP contribution in [0.5, 0.6) is 17.2 Å². The molecule has 34 heavy (non-hydrogen) atoms. The number of anilines is 1. The number of benzene rings is 4. The minimum Gasteiger partial charge on any atom is -0.495 e. The lowest BCUT2D eigenvalue weighted by atomic mass is 10.0. The molecule has 174 valence electrons. The summed E-state index contributed by atoms with van der Waals surface area (Å²) in [4.78, 5) is 13.2. The molecule has 0 bridgehead atoms. The molecule has 0 spiro atoms. The Labute approximate surface area is 198 Å². The van der Waals surface area contributed by atoms with Gasteiger partial charge in [0.25, 0.3) is 5.91 Å². The molecule has 0 radical (unpaired) electrons. The molecule has 8 heteroatoms. The number of fused-ring (bicyclic) bond motifs is 1. The summed E-state index contributed by atoms with van der Waals surface area (Å²) in [6, 6.07) is 18.4. The third-order valence-corrected chi connectivity index (χ3v) is 5.48. The Balaban J connectivity index is 1.75. The monoisotopic (exact) mass is 485 g/mol. The van der Waals surface area contributed by atoms with E-state index in [0.717, 1.165) is 17.5 Å². The van der Waals surface area contributed by atoms with E-state index in [1.54, 1.807) is 49.4 Å². The molecular weight excluding hydrogens is 467 g/mol. The molecule has 4 nitrogen and oxygen atoms in total. The van der Waals surface area contributed by atoms with Crippen molar-refractivity contribution in [1.29, 1.82) is 0 Å². The lowest BCUT2D eigenvalue weighted by Gasteiger charge is -2.17. The fourth-order valence-electron chi connectivity index (χ4n) is 3.57. The van der Waals surface area contributed by atoms with Crippen LogP contribution in [0.1, 0.15) is 21.5 Å². The van der Waals surface area contributed by atoms with Crippen LogP contribution in [-0.4, -0.2) is 13.0 Å². The van der Waals surface area contributed by atoms with E-state index in [1.165, 1.54) is 13.2 Å². The normalized spacial score (nSPS) is 11.4. The van der Waals surface area contributed by atoms with Gasteiger partial charge in [-0.3, -0.25) is 4.79 Å². The number of methoxy groups -OCH3 is 1. The zero-order chi connectivity index (χ0) is 24.5. The quantitative estimate of drug-likeness (QED) is 0.313. The SMILES string of the molecule is COc1c(C(=O)Nc2cc(C(F)(F)F)ccc2Oc2ccc(Cl)cc2C)ccc2ccccc12. The molecule has 0 fully saturated rings. The number of rotatable bonds is 5. The van der Waals surface area contributed by atoms with Crippen LogP contribution in [-0.2, 0) is 6.18 Å². The Morgan fingerprint density at radius 3 is 2.38 bits per heavy atom. The highest BCUT2D eigenvalue weighted by Crippen LogP contribution is 2.39. The van der Waals surface area contributed by atoms with E-state index in [-0.39, 0.29) is 17.0 Å². The Hall–Kier alpha value is -3.71. The number of hydrogen-bond donors (Lipinski definition) is 1. The van der Waals surface area contributed by atoms with E-state index in [1.807, 2.05) is 12.1 Å². The van der Waals surface area contributed by atoms with Crippen LogP contribution in [0.25, 0.3) is 10.8 Å². The van der Waals surface area contributed by atoms with Gasteiger partial charge in [-0.1, -0.05) is 41.9 Å². The topological polar surface area (TPSA) is 47.6 Å². The van der Waals surface area contributed by atoms with E-state index in [2.05, 4.69) is 5.32 Å². The minimum atomic E-state index is -4.60. The molecule has 0 aliphatic heterocycles. The number of halogens is 4. The number of aryl methyl sites for hydroxylation is 1. The van der Waals surface area contributed by atoms with Crippen molar-refractivity contribution in [3.8, 4) is 17.2 Å². The molecule has 4 aromatic rings. The zero-order valence-corrected chi connectivity index (χ0v) is 18.9. The van der Waals surface area contributed by atoms with Crippen molar-refractivity contribution in [3.05, 3.63) is 94.5 Å². The lowest BCUT2D eigenvalue weighted by Crippen LogP contribution is -2.15. The van der Waals surface area contributed by atoms with Crippen molar-refractivity contribution in [2.45, 2.75) is 13.1 Å². The maximum absolute atomic E-state index is 13.4. The van der Waals surface area contributed by atoms with Gasteiger partial charge in [-0.2, -0.15) is 13.2 Å². The number of hydrogen-bond acceptors (Lipinski definition) is 3. The summed E-state index contributed by atoms with van der Waals surface area (Å²) in [6.45, 7) is 1.75. The summed E-state index contributed by atoms with van der Waals surface area (Å²) in [5.41, 5.74) is -0.203. The highest BCUT2D eigenvalue weighted by atomic mass is 35.5. The molecule has 1 N–H and O–H groups in total. The fourth-order valence-corrected chi connectivity index (χ4v) is 3.80. The van der Waals surface area contributed by atoms with Gasteiger partial charge in [-0.05, 0) is 60.3 Å². The van der Waals surface area contributed by atoms with Gasteiger partial charge in [0.05, 0.1) is 23.9 Å². The summed E-state index contributed by atoms with van der Waals surface area (Å²) in [6.07, 6.45) is -4.60. The first kappa shape index (κ1) is 23.4. The fraction of sp³-hybridized carbons (Fsp3) is 0.115. The summed E-state index contributed by atoms with van der Waals surface area (Å²) in [5.74, 6) is 0.118. The largest absolute Gasteiger partial charge is 0.495 e. The number of nitrogens with one attached hydrogen (secondary N) is 1. The second kappa shape index (κ2) is 9.27. The molecule has 0 atom stereocenters. The molecular formula is C26H19ClF3NO3. The van der Waals surface area contributed by atoms with E-state index < -0.39 is 17.6 Å². The van der Waals surface area contributed by atoms with Gasteiger partial charge in [0, 0.05) is 10.4 Å². The van der Waals surface area contributed by atoms with E-state index >= 15 is 0 Å². The molecule has 0 heterocycles. The standard InChI is InChI=1S/C26H19ClF3NO3/c1-15-13-18(27)9-12-22(15)34-23-11-8-17(26(28,29)30)14-21(23)31-25(32)20-10-7-16-5-3-4-6-19(16)24(20)33-2/h3-14H,1-2H3,(H,31,32). The molecule has 1 amide bonds. The number of carbonyl (C=O) groups is 1. The number of ether oxygens (including phenoxy) is 2. The Kier molecular flexibility index (Phi) is 6.39. The highest BCUT2D eigenvalue weighted by molar-refractivity contribution is 6.30. The van der Waals surface area contributed by atoms with Gasteiger partial charge in [0.2, 0.25) is 0 Å². The van der Waals surface area contributed by atoms with Crippen molar-refractivity contribution >= 4 is 34.0 Å². The van der Waals surface area contributed by atoms with Gasteiger partial charge in [-0.15, -0.1) is 0 Å². The second-order valence-corrected chi connectivity index (χ2v) is 7.98. The summed E-state index contributed by atoms with van der Waals surface area (Å²) in [7, 11) is 1.43. The van der Waals surface area contributed by atoms with Crippen LogP contribution in [0.15, 0.2) is 72.8 Å². The van der Waals surface area contributed by atoms with Crippen molar-refractivity contribution in [2.75, 3.05) is 12.4 Å². The smallest absolute Gasteiger partial charge is 0.416 e. The highest BCUT2D eigenvalue weighted by Gasteiger charge is 2.31. The molecule has 0 saturated heterocycles. The Morgan fingerprint density at radius 1 is 0.941 bits per heavy atom. The molecule has 0 aromatic heterocycles. The molecule has 0 unspecified atom stereocenters. The lowest BCUT2D eigenvalue weighted by molar-refractivity contribution is -0.137. The Bertz CT molecular complexity index is 1390. The van der Waals surface area contributed by atoms with Crippen molar-refractivity contribution in [3.63, 3.8) is 0 Å². The first-order valence-electron chi connectivity index (χ1n) is 10.2. The number of alkyl halides is 3. The first-order valence-corrected chi connectivity index (χ1v) is 10.6. The third-order valence-electron chi connectivity index (χ3n) is 5.24. The van der Waals surface area contributed by atoms with Crippen LogP contribution in [0.2, 0.25) is 5.02 Å². The van der Waals surface area contributed by atoms with Crippen molar-refractivity contribution in [2.24, 2.45) is 0 Å². The maximum Gasteiger partial charge on any atom is 0.416 e. The minimum absolute atomic E-state index is 0.0477. The van der Waals surface area contributed by atoms with E-state index in [9.17, 15) is 18.0 Å². The Morgan fingerprint density at radius 2 is 1.68 bits per heavy atom. The third kappa shape index (κ3) is 4.79. The summed E-state index contributed by atoms with van der Waals surface area (Å²) < 4.78 is 51.5. The van der Waals surface area contributed by atoms with Gasteiger partial charge in [0.15, 0.2) is 5.75 Å². The van der Waals surface area contributed by atoms with Crippen molar-refractivity contribution < 1.29 is 27.4 Å². The van der Waals surface area contributed by atoms with Gasteiger partial charge in [-0.25, -0.2) is 0 Å². The van der Waals surface area contributed by atoms with Crippen LogP contribution >= 0.6 is 11.6 Å². The van der Waals surface area contributed by atoms with Crippen molar-refractivity contribution in [1.82, 2.24) is 0 Å². The van der Waals surface area contributed by atoms with Crippen LogP contribution in [0, 0.1) is 6.92 Å². The number of amides is 1. The first-order chi connectivity index (χ1) is 16.2. The van der Waals surface area contributed by atoms with Crippen LogP contribution in [0.3, 0.4) is 0 Å². The summed E-state index contributed by atoms with van der Waals surface area (Å²) >= 11 is 5.98. The zero-order valence-electron chi connectivity index (χ0n) is 18.2. The number of carbonyl (C=O) groups excluding carboxylic acids is 1. The molecule has 0 aliphatic rings. The molecule has 0 saturated carbocycles. The summed E-state index contributed by atoms with van der Waals surface area (Å²) in [5, 5.41) is 4.62. The van der Waals surface area contributed by atoms with Crippen LogP contribution < -0.4 is 14.8 Å².